The van der Waals surface area contributed by atoms with Crippen molar-refractivity contribution in [2.24, 2.45) is 0 Å². The van der Waals surface area contributed by atoms with Crippen LogP contribution in [0, 0.1) is 0 Å². The first kappa shape index (κ1) is 23.1. The fourth-order valence-electron chi connectivity index (χ4n) is 1.27. The number of alkyl halides is 13. The van der Waals surface area contributed by atoms with Gasteiger partial charge in [0.2, 0.25) is 0 Å². The second kappa shape index (κ2) is 6.11. The van der Waals surface area contributed by atoms with Crippen LogP contribution in [0.25, 0.3) is 0 Å². The molecule has 2 N–H and O–H groups in total. The number of halogens is 13. The SMILES string of the molecule is OB(O)CCC(F)(F)C(F)(F)C(F)(F)C(F)(F)C(F)(F)C(F)(F)F. The second-order valence-electron chi connectivity index (χ2n) is 4.52. The molecule has 0 amide bonds. The van der Waals surface area contributed by atoms with E-state index in [1.165, 1.54) is 0 Å². The Kier molecular flexibility index (Phi) is 5.87. The Balaban J connectivity index is 6.01. The maximum atomic E-state index is 13.0. The monoisotopic (exact) mass is 392 g/mol. The van der Waals surface area contributed by atoms with Crippen molar-refractivity contribution in [1.82, 2.24) is 0 Å². The predicted octanol–water partition coefficient (Wildman–Crippen LogP) is 3.59. The Morgan fingerprint density at radius 1 is 0.542 bits per heavy atom. The van der Waals surface area contributed by atoms with Crippen LogP contribution in [0.2, 0.25) is 6.32 Å². The van der Waals surface area contributed by atoms with Crippen LogP contribution in [0.4, 0.5) is 57.1 Å². The van der Waals surface area contributed by atoms with Crippen LogP contribution in [0.1, 0.15) is 6.42 Å². The predicted molar refractivity (Wildman–Crippen MR) is 50.4 cm³/mol. The molecule has 0 fully saturated rings. The van der Waals surface area contributed by atoms with Crippen molar-refractivity contribution in [3.8, 4) is 0 Å². The van der Waals surface area contributed by atoms with Crippen molar-refractivity contribution >= 4 is 7.12 Å². The van der Waals surface area contributed by atoms with Gasteiger partial charge in [-0.25, -0.2) is 0 Å². The molecule has 144 valence electrons. The van der Waals surface area contributed by atoms with Crippen molar-refractivity contribution in [1.29, 1.82) is 0 Å². The first-order chi connectivity index (χ1) is 10.2. The van der Waals surface area contributed by atoms with Gasteiger partial charge < -0.3 is 10.0 Å². The summed E-state index contributed by atoms with van der Waals surface area (Å²) in [7, 11) is -2.79. The molecule has 0 aliphatic rings. The topological polar surface area (TPSA) is 40.5 Å². The van der Waals surface area contributed by atoms with Crippen LogP contribution in [-0.2, 0) is 0 Å². The molecule has 0 saturated carbocycles. The first-order valence-electron chi connectivity index (χ1n) is 5.48. The van der Waals surface area contributed by atoms with E-state index in [1.54, 1.807) is 0 Å². The first-order valence-corrected chi connectivity index (χ1v) is 5.48. The molecular weight excluding hydrogens is 386 g/mol. The molecule has 0 rings (SSSR count). The Labute approximate surface area is 124 Å². The smallest absolute Gasteiger partial charge is 0.427 e. The fourth-order valence-corrected chi connectivity index (χ4v) is 1.27. The van der Waals surface area contributed by atoms with E-state index in [1.807, 2.05) is 0 Å². The van der Waals surface area contributed by atoms with E-state index in [2.05, 4.69) is 0 Å². The quantitative estimate of drug-likeness (QED) is 0.514. The lowest BCUT2D eigenvalue weighted by molar-refractivity contribution is -0.439. The van der Waals surface area contributed by atoms with Gasteiger partial charge in [-0.15, -0.1) is 0 Å². The summed E-state index contributed by atoms with van der Waals surface area (Å²) < 4.78 is 163. The molecule has 0 unspecified atom stereocenters. The van der Waals surface area contributed by atoms with Crippen LogP contribution in [0.5, 0.6) is 0 Å². The average Bonchev–Trinajstić information content (AvgIpc) is 2.34. The maximum absolute atomic E-state index is 13.0. The van der Waals surface area contributed by atoms with Crippen LogP contribution in [0.3, 0.4) is 0 Å². The van der Waals surface area contributed by atoms with E-state index >= 15 is 0 Å². The summed E-state index contributed by atoms with van der Waals surface area (Å²) in [4.78, 5) is 0. The van der Waals surface area contributed by atoms with Crippen LogP contribution >= 0.6 is 0 Å². The number of hydrogen-bond donors (Lipinski definition) is 2. The molecule has 24 heavy (non-hydrogen) atoms. The van der Waals surface area contributed by atoms with E-state index in [-0.39, 0.29) is 0 Å². The lowest BCUT2D eigenvalue weighted by atomic mass is 9.80. The Hall–Kier alpha value is -0.925. The molecule has 0 aromatic rings. The normalized spacial score (nSPS) is 15.6. The van der Waals surface area contributed by atoms with E-state index in [4.69, 9.17) is 10.0 Å². The minimum atomic E-state index is -7.94. The van der Waals surface area contributed by atoms with Gasteiger partial charge in [0.05, 0.1) is 0 Å². The van der Waals surface area contributed by atoms with E-state index in [9.17, 15) is 57.1 Å². The van der Waals surface area contributed by atoms with Gasteiger partial charge in [-0.1, -0.05) is 0 Å². The third kappa shape index (κ3) is 3.39. The molecular formula is C8H6BF13O2. The van der Waals surface area contributed by atoms with E-state index in [0.717, 1.165) is 0 Å². The minimum absolute atomic E-state index is 1.79. The summed E-state index contributed by atoms with van der Waals surface area (Å²) in [5.41, 5.74) is 0. The van der Waals surface area contributed by atoms with Crippen molar-refractivity contribution in [2.45, 2.75) is 48.5 Å². The third-order valence-electron chi connectivity index (χ3n) is 2.71. The zero-order valence-corrected chi connectivity index (χ0v) is 10.8. The van der Waals surface area contributed by atoms with Crippen molar-refractivity contribution in [2.75, 3.05) is 0 Å². The Morgan fingerprint density at radius 2 is 0.875 bits per heavy atom. The lowest BCUT2D eigenvalue weighted by Gasteiger charge is -2.39. The summed E-state index contributed by atoms with van der Waals surface area (Å²) >= 11 is 0. The standard InChI is InChI=1S/C8H6BF13O2/c10-3(11,1-2-9(23)24)4(12,13)5(14,15)6(16,17)7(18,19)8(20,21)22/h23-24H,1-2H2. The zero-order valence-electron chi connectivity index (χ0n) is 10.8. The minimum Gasteiger partial charge on any atom is -0.427 e. The molecule has 0 radical (unpaired) electrons. The van der Waals surface area contributed by atoms with Crippen LogP contribution in [0.15, 0.2) is 0 Å². The van der Waals surface area contributed by atoms with Gasteiger partial charge in [-0.2, -0.15) is 57.1 Å². The summed E-state index contributed by atoms with van der Waals surface area (Å²) in [5.74, 6) is -37.2. The number of rotatable bonds is 7. The van der Waals surface area contributed by atoms with Crippen molar-refractivity contribution in [3.05, 3.63) is 0 Å². The second-order valence-corrected chi connectivity index (χ2v) is 4.52. The maximum Gasteiger partial charge on any atom is 0.460 e. The summed E-state index contributed by atoms with van der Waals surface area (Å²) in [6.07, 6.45) is -11.9. The molecule has 16 heteroatoms. The van der Waals surface area contributed by atoms with E-state index < -0.39 is 55.6 Å². The zero-order chi connectivity index (χ0) is 20.0. The summed E-state index contributed by atoms with van der Waals surface area (Å²) in [5, 5.41) is 16.3. The lowest BCUT2D eigenvalue weighted by Crippen LogP contribution is -2.70. The molecule has 0 aromatic heterocycles. The van der Waals surface area contributed by atoms with Gasteiger partial charge in [0.15, 0.2) is 0 Å². The molecule has 0 atom stereocenters. The molecule has 0 bridgehead atoms. The fraction of sp³-hybridized carbons (Fsp3) is 1.00. The van der Waals surface area contributed by atoms with E-state index in [0.29, 0.717) is 0 Å². The molecule has 0 aromatic carbocycles. The molecule has 0 heterocycles. The Morgan fingerprint density at radius 3 is 1.17 bits per heavy atom. The summed E-state index contributed by atoms with van der Waals surface area (Å²) in [6.45, 7) is 0. The number of hydrogen-bond acceptors (Lipinski definition) is 2. The largest absolute Gasteiger partial charge is 0.460 e. The van der Waals surface area contributed by atoms with Crippen molar-refractivity contribution in [3.63, 3.8) is 0 Å². The third-order valence-corrected chi connectivity index (χ3v) is 2.71. The average molecular weight is 392 g/mol. The highest BCUT2D eigenvalue weighted by Gasteiger charge is 2.90. The highest BCUT2D eigenvalue weighted by atomic mass is 19.4. The van der Waals surface area contributed by atoms with Gasteiger partial charge in [-0.3, -0.25) is 0 Å². The molecule has 0 aliphatic heterocycles. The van der Waals surface area contributed by atoms with Gasteiger partial charge in [0, 0.05) is 6.42 Å². The van der Waals surface area contributed by atoms with Crippen LogP contribution < -0.4 is 0 Å². The van der Waals surface area contributed by atoms with Gasteiger partial charge >= 0.3 is 42.9 Å². The highest BCUT2D eigenvalue weighted by molar-refractivity contribution is 6.40. The molecule has 0 saturated heterocycles. The van der Waals surface area contributed by atoms with Gasteiger partial charge in [0.1, 0.15) is 0 Å². The summed E-state index contributed by atoms with van der Waals surface area (Å²) in [6, 6.07) is 0. The van der Waals surface area contributed by atoms with Crippen LogP contribution in [-0.4, -0.2) is 53.0 Å². The Bertz CT molecular complexity index is 444. The van der Waals surface area contributed by atoms with Gasteiger partial charge in [-0.05, 0) is 6.32 Å². The molecule has 2 nitrogen and oxygen atoms in total. The highest BCUT2D eigenvalue weighted by Crippen LogP contribution is 2.60. The van der Waals surface area contributed by atoms with Crippen molar-refractivity contribution < 1.29 is 67.1 Å². The molecule has 0 spiro atoms. The van der Waals surface area contributed by atoms with Gasteiger partial charge in [0.25, 0.3) is 0 Å². The molecule has 0 aliphatic carbocycles.